The lowest BCUT2D eigenvalue weighted by Crippen LogP contribution is -2.17. The highest BCUT2D eigenvalue weighted by atomic mass is 35.5. The molecule has 126 valence electrons. The summed E-state index contributed by atoms with van der Waals surface area (Å²) in [5.41, 5.74) is 0.960. The standard InChI is InChI=1S/C17H25N5.ClH/c1-2-18-16-14-17(21-15(20-14)13-8-9-13)22(11-19-16)10-12-6-4-3-5-7-12;/h11-13,18H,2-10H2,1H3;1H. The van der Waals surface area contributed by atoms with Crippen LogP contribution in [0.1, 0.15) is 63.6 Å². The van der Waals surface area contributed by atoms with E-state index in [-0.39, 0.29) is 12.4 Å². The van der Waals surface area contributed by atoms with Crippen LogP contribution < -0.4 is 5.32 Å². The van der Waals surface area contributed by atoms with Crippen molar-refractivity contribution in [3.05, 3.63) is 12.2 Å². The Hall–Kier alpha value is -1.36. The van der Waals surface area contributed by atoms with Crippen LogP contribution in [0.25, 0.3) is 11.5 Å². The minimum atomic E-state index is 0. The third-order valence-corrected chi connectivity index (χ3v) is 4.95. The predicted molar refractivity (Wildman–Crippen MR) is 94.4 cm³/mol. The first-order valence-electron chi connectivity index (χ1n) is 8.81. The van der Waals surface area contributed by atoms with Crippen molar-refractivity contribution in [3.8, 4) is 11.5 Å². The van der Waals surface area contributed by atoms with Crippen LogP contribution in [-0.2, 0) is 6.54 Å². The molecule has 2 saturated carbocycles. The highest BCUT2D eigenvalue weighted by molar-refractivity contribution is 5.85. The summed E-state index contributed by atoms with van der Waals surface area (Å²) < 4.78 is 2.24. The van der Waals surface area contributed by atoms with Gasteiger partial charge in [-0.3, -0.25) is 0 Å². The number of aromatic nitrogens is 4. The first kappa shape index (κ1) is 16.5. The van der Waals surface area contributed by atoms with E-state index in [4.69, 9.17) is 9.97 Å². The lowest BCUT2D eigenvalue weighted by molar-refractivity contribution is 0.318. The Morgan fingerprint density at radius 3 is 2.61 bits per heavy atom. The second-order valence-electron chi connectivity index (χ2n) is 6.81. The fourth-order valence-corrected chi connectivity index (χ4v) is 3.56. The third-order valence-electron chi connectivity index (χ3n) is 4.95. The minimum Gasteiger partial charge on any atom is -0.368 e. The molecule has 6 heteroatoms. The molecule has 2 aliphatic heterocycles. The van der Waals surface area contributed by atoms with Gasteiger partial charge in [0.05, 0.1) is 6.33 Å². The maximum absolute atomic E-state index is 4.85. The zero-order valence-corrected chi connectivity index (χ0v) is 14.6. The van der Waals surface area contributed by atoms with Gasteiger partial charge in [-0.1, -0.05) is 19.3 Å². The van der Waals surface area contributed by atoms with Gasteiger partial charge in [-0.15, -0.1) is 12.4 Å². The highest BCUT2D eigenvalue weighted by Gasteiger charge is 2.31. The molecule has 4 aliphatic rings. The Morgan fingerprint density at radius 2 is 1.91 bits per heavy atom. The molecule has 0 aromatic heterocycles. The maximum Gasteiger partial charge on any atom is 0.165 e. The Kier molecular flexibility index (Phi) is 5.05. The van der Waals surface area contributed by atoms with Crippen molar-refractivity contribution in [2.24, 2.45) is 5.92 Å². The molecule has 0 amide bonds. The molecular weight excluding hydrogens is 310 g/mol. The van der Waals surface area contributed by atoms with Crippen molar-refractivity contribution in [3.63, 3.8) is 0 Å². The Balaban J connectivity index is 0.00000156. The molecule has 0 aromatic carbocycles. The summed E-state index contributed by atoms with van der Waals surface area (Å²) in [5.74, 6) is 4.30. The zero-order valence-electron chi connectivity index (χ0n) is 13.8. The second kappa shape index (κ2) is 7.04. The van der Waals surface area contributed by atoms with E-state index in [1.807, 2.05) is 6.33 Å². The molecule has 0 spiro atoms. The summed E-state index contributed by atoms with van der Waals surface area (Å²) in [5, 5.41) is 3.33. The van der Waals surface area contributed by atoms with E-state index in [2.05, 4.69) is 21.8 Å². The van der Waals surface area contributed by atoms with Crippen molar-refractivity contribution in [1.82, 2.24) is 19.5 Å². The minimum absolute atomic E-state index is 0. The molecule has 0 radical (unpaired) electrons. The van der Waals surface area contributed by atoms with Crippen molar-refractivity contribution in [2.45, 2.75) is 64.3 Å². The van der Waals surface area contributed by atoms with Crippen LogP contribution >= 0.6 is 12.4 Å². The average molecular weight is 336 g/mol. The molecule has 2 aliphatic carbocycles. The number of hydrogen-bond acceptors (Lipinski definition) is 4. The first-order valence-corrected chi connectivity index (χ1v) is 8.81. The fourth-order valence-electron chi connectivity index (χ4n) is 3.56. The summed E-state index contributed by atoms with van der Waals surface area (Å²) in [6.07, 6.45) is 11.3. The normalized spacial score (nSPS) is 18.8. The van der Waals surface area contributed by atoms with E-state index < -0.39 is 0 Å². The van der Waals surface area contributed by atoms with Gasteiger partial charge in [0.2, 0.25) is 0 Å². The molecule has 4 rings (SSSR count). The predicted octanol–water partition coefficient (Wildman–Crippen LogP) is 4.09. The molecule has 2 heterocycles. The number of hydrogen-bond donors (Lipinski definition) is 1. The molecule has 5 nitrogen and oxygen atoms in total. The summed E-state index contributed by atoms with van der Waals surface area (Å²) >= 11 is 0. The second-order valence-corrected chi connectivity index (χ2v) is 6.81. The van der Waals surface area contributed by atoms with Crippen molar-refractivity contribution < 1.29 is 0 Å². The topological polar surface area (TPSA) is 55.6 Å². The van der Waals surface area contributed by atoms with Gasteiger partial charge in [0.1, 0.15) is 5.82 Å². The van der Waals surface area contributed by atoms with Crippen LogP contribution in [0.3, 0.4) is 0 Å². The SMILES string of the molecule is CCNc1ncn(CC2CCCCC2)c2nc(C3CC3)nc1-2.Cl. The summed E-state index contributed by atoms with van der Waals surface area (Å²) in [4.78, 5) is 14.2. The number of halogens is 1. The summed E-state index contributed by atoms with van der Waals surface area (Å²) in [6.45, 7) is 3.99. The molecule has 0 bridgehead atoms. The van der Waals surface area contributed by atoms with E-state index in [1.54, 1.807) is 0 Å². The Labute approximate surface area is 144 Å². The Bertz CT molecular complexity index is 616. The van der Waals surface area contributed by atoms with Crippen LogP contribution in [0.2, 0.25) is 0 Å². The van der Waals surface area contributed by atoms with E-state index in [0.29, 0.717) is 5.92 Å². The van der Waals surface area contributed by atoms with Crippen LogP contribution in [0.5, 0.6) is 0 Å². The molecule has 0 saturated heterocycles. The van der Waals surface area contributed by atoms with Crippen LogP contribution in [-0.4, -0.2) is 26.1 Å². The molecule has 1 N–H and O–H groups in total. The van der Waals surface area contributed by atoms with Gasteiger partial charge in [0, 0.05) is 19.0 Å². The largest absolute Gasteiger partial charge is 0.368 e. The monoisotopic (exact) mass is 335 g/mol. The van der Waals surface area contributed by atoms with Crippen LogP contribution in [0.4, 0.5) is 5.82 Å². The van der Waals surface area contributed by atoms with Crippen molar-refractivity contribution in [1.29, 1.82) is 0 Å². The molecule has 2 fully saturated rings. The number of imidazole rings is 1. The third kappa shape index (κ3) is 3.44. The van der Waals surface area contributed by atoms with Crippen LogP contribution in [0.15, 0.2) is 6.33 Å². The van der Waals surface area contributed by atoms with E-state index >= 15 is 0 Å². The van der Waals surface area contributed by atoms with Gasteiger partial charge in [0.15, 0.2) is 17.3 Å². The van der Waals surface area contributed by atoms with E-state index in [0.717, 1.165) is 42.2 Å². The van der Waals surface area contributed by atoms with E-state index in [9.17, 15) is 0 Å². The van der Waals surface area contributed by atoms with Gasteiger partial charge in [-0.05, 0) is 38.5 Å². The van der Waals surface area contributed by atoms with Gasteiger partial charge in [-0.25, -0.2) is 15.0 Å². The van der Waals surface area contributed by atoms with Gasteiger partial charge in [-0.2, -0.15) is 0 Å². The number of rotatable bonds is 5. The number of fused-ring (bicyclic) bond motifs is 1. The van der Waals surface area contributed by atoms with E-state index in [1.165, 1.54) is 44.9 Å². The van der Waals surface area contributed by atoms with Gasteiger partial charge < -0.3 is 9.88 Å². The average Bonchev–Trinajstić information content (AvgIpc) is 3.29. The van der Waals surface area contributed by atoms with Gasteiger partial charge in [0.25, 0.3) is 0 Å². The molecule has 23 heavy (non-hydrogen) atoms. The Morgan fingerprint density at radius 1 is 1.13 bits per heavy atom. The lowest BCUT2D eigenvalue weighted by atomic mass is 9.89. The molecular formula is C17H26ClN5. The summed E-state index contributed by atoms with van der Waals surface area (Å²) in [6, 6.07) is 0. The smallest absolute Gasteiger partial charge is 0.165 e. The fraction of sp³-hybridized carbons (Fsp3) is 0.706. The zero-order chi connectivity index (χ0) is 14.9. The number of nitrogens with one attached hydrogen (secondary N) is 1. The van der Waals surface area contributed by atoms with Crippen molar-refractivity contribution >= 4 is 18.2 Å². The van der Waals surface area contributed by atoms with Gasteiger partial charge >= 0.3 is 0 Å². The number of anilines is 1. The van der Waals surface area contributed by atoms with Crippen molar-refractivity contribution in [2.75, 3.05) is 11.9 Å². The molecule has 0 atom stereocenters. The maximum atomic E-state index is 4.85. The van der Waals surface area contributed by atoms with Crippen LogP contribution in [0, 0.1) is 5.92 Å². The molecule has 0 unspecified atom stereocenters. The summed E-state index contributed by atoms with van der Waals surface area (Å²) in [7, 11) is 0. The molecule has 0 aromatic rings. The number of nitrogens with zero attached hydrogens (tertiary/aromatic N) is 4. The quantitative estimate of drug-likeness (QED) is 0.894. The lowest BCUT2D eigenvalue weighted by Gasteiger charge is -2.23. The highest BCUT2D eigenvalue weighted by Crippen LogP contribution is 2.41. The first-order chi connectivity index (χ1) is 10.8.